The molecule has 4 heteroatoms. The molecule has 3 rings (SSSR count). The van der Waals surface area contributed by atoms with Gasteiger partial charge in [-0.1, -0.05) is 31.2 Å². The molecule has 1 heterocycles. The first-order valence-corrected chi connectivity index (χ1v) is 6.77. The lowest BCUT2D eigenvalue weighted by Gasteiger charge is -2.15. The quantitative estimate of drug-likeness (QED) is 0.648. The lowest BCUT2D eigenvalue weighted by Crippen LogP contribution is -2.08. The first kappa shape index (κ1) is 13.7. The number of H-pyrrole nitrogens is 1. The van der Waals surface area contributed by atoms with Crippen molar-refractivity contribution in [2.75, 3.05) is 0 Å². The number of hydrogen-bond donors (Lipinski definition) is 1. The monoisotopic (exact) mass is 289 g/mol. The molecule has 3 aromatic rings. The molecule has 0 saturated heterocycles. The Kier molecular flexibility index (Phi) is 3.24. The third kappa shape index (κ3) is 2.42. The summed E-state index contributed by atoms with van der Waals surface area (Å²) < 4.78 is 40.1. The molecular formula is C17H14F3N. The van der Waals surface area contributed by atoms with Crippen LogP contribution in [-0.4, -0.2) is 4.98 Å². The van der Waals surface area contributed by atoms with Gasteiger partial charge in [0.05, 0.1) is 5.56 Å². The zero-order valence-corrected chi connectivity index (χ0v) is 11.5. The van der Waals surface area contributed by atoms with Gasteiger partial charge in [0.15, 0.2) is 0 Å². The van der Waals surface area contributed by atoms with Crippen molar-refractivity contribution in [3.05, 3.63) is 59.8 Å². The average Bonchev–Trinajstić information content (AvgIpc) is 2.94. The van der Waals surface area contributed by atoms with Crippen LogP contribution in [0.2, 0.25) is 0 Å². The van der Waals surface area contributed by atoms with E-state index in [4.69, 9.17) is 0 Å². The molecule has 1 nitrogen and oxygen atoms in total. The van der Waals surface area contributed by atoms with Crippen molar-refractivity contribution in [1.29, 1.82) is 0 Å². The van der Waals surface area contributed by atoms with Gasteiger partial charge < -0.3 is 4.98 Å². The van der Waals surface area contributed by atoms with Crippen molar-refractivity contribution < 1.29 is 13.2 Å². The number of fused-ring (bicyclic) bond motifs is 1. The zero-order chi connectivity index (χ0) is 15.0. The third-order valence-corrected chi connectivity index (χ3v) is 3.68. The summed E-state index contributed by atoms with van der Waals surface area (Å²) in [5.41, 5.74) is 1.77. The maximum atomic E-state index is 13.4. The van der Waals surface area contributed by atoms with Gasteiger partial charge in [0.25, 0.3) is 0 Å². The summed E-state index contributed by atoms with van der Waals surface area (Å²) in [5, 5.41) is 0.798. The molecule has 0 aliphatic heterocycles. The second-order valence-electron chi connectivity index (χ2n) is 4.98. The molecule has 0 fully saturated rings. The first-order valence-electron chi connectivity index (χ1n) is 6.77. The number of nitrogens with one attached hydrogen (secondary N) is 1. The number of halogens is 3. The Morgan fingerprint density at radius 2 is 1.81 bits per heavy atom. The van der Waals surface area contributed by atoms with E-state index < -0.39 is 11.7 Å². The topological polar surface area (TPSA) is 15.8 Å². The summed E-state index contributed by atoms with van der Waals surface area (Å²) in [4.78, 5) is 3.03. The first-order chi connectivity index (χ1) is 10.0. The molecule has 0 unspecified atom stereocenters. The summed E-state index contributed by atoms with van der Waals surface area (Å²) in [7, 11) is 0. The molecule has 0 radical (unpaired) electrons. The molecule has 0 aliphatic carbocycles. The van der Waals surface area contributed by atoms with E-state index in [2.05, 4.69) is 4.98 Å². The SMILES string of the molecule is CCc1ccc(-c2cccc3[nH]ccc23)c(C(F)(F)F)c1. The molecule has 0 saturated carbocycles. The number of hydrogen-bond acceptors (Lipinski definition) is 0. The van der Waals surface area contributed by atoms with Crippen LogP contribution in [0.1, 0.15) is 18.1 Å². The predicted molar refractivity (Wildman–Crippen MR) is 78.1 cm³/mol. The normalized spacial score (nSPS) is 12.0. The van der Waals surface area contributed by atoms with Crippen LogP contribution in [0.15, 0.2) is 48.7 Å². The summed E-state index contributed by atoms with van der Waals surface area (Å²) in [6.45, 7) is 1.85. The van der Waals surface area contributed by atoms with E-state index in [1.807, 2.05) is 13.0 Å². The van der Waals surface area contributed by atoms with E-state index in [0.717, 1.165) is 10.9 Å². The molecule has 0 spiro atoms. The van der Waals surface area contributed by atoms with Crippen molar-refractivity contribution in [3.8, 4) is 11.1 Å². The Bertz CT molecular complexity index is 784. The minimum Gasteiger partial charge on any atom is -0.361 e. The lowest BCUT2D eigenvalue weighted by molar-refractivity contribution is -0.137. The van der Waals surface area contributed by atoms with E-state index in [-0.39, 0.29) is 5.56 Å². The van der Waals surface area contributed by atoms with Crippen molar-refractivity contribution in [1.82, 2.24) is 4.98 Å². The van der Waals surface area contributed by atoms with Crippen molar-refractivity contribution in [3.63, 3.8) is 0 Å². The highest BCUT2D eigenvalue weighted by atomic mass is 19.4. The molecule has 0 bridgehead atoms. The lowest BCUT2D eigenvalue weighted by atomic mass is 9.94. The molecule has 0 atom stereocenters. The van der Waals surface area contributed by atoms with Gasteiger partial charge in [0.1, 0.15) is 0 Å². The second kappa shape index (κ2) is 4.95. The van der Waals surface area contributed by atoms with Crippen LogP contribution in [0.25, 0.3) is 22.0 Å². The third-order valence-electron chi connectivity index (χ3n) is 3.68. The minimum atomic E-state index is -4.36. The number of aromatic nitrogens is 1. The highest BCUT2D eigenvalue weighted by Crippen LogP contribution is 2.39. The largest absolute Gasteiger partial charge is 0.417 e. The van der Waals surface area contributed by atoms with Crippen molar-refractivity contribution in [2.24, 2.45) is 0 Å². The molecule has 2 aromatic carbocycles. The van der Waals surface area contributed by atoms with Crippen LogP contribution < -0.4 is 0 Å². The van der Waals surface area contributed by atoms with Crippen LogP contribution in [0, 0.1) is 0 Å². The number of alkyl halides is 3. The van der Waals surface area contributed by atoms with Crippen molar-refractivity contribution >= 4 is 10.9 Å². The molecule has 108 valence electrons. The second-order valence-corrected chi connectivity index (χ2v) is 4.98. The van der Waals surface area contributed by atoms with Crippen LogP contribution in [0.5, 0.6) is 0 Å². The molecule has 0 aliphatic rings. The highest BCUT2D eigenvalue weighted by molar-refractivity contribution is 5.96. The summed E-state index contributed by atoms with van der Waals surface area (Å²) in [6, 6.07) is 11.7. The Labute approximate surface area is 120 Å². The Morgan fingerprint density at radius 1 is 1.00 bits per heavy atom. The predicted octanol–water partition coefficient (Wildman–Crippen LogP) is 5.42. The van der Waals surface area contributed by atoms with Gasteiger partial charge in [-0.3, -0.25) is 0 Å². The van der Waals surface area contributed by atoms with E-state index in [1.54, 1.807) is 36.5 Å². The Morgan fingerprint density at radius 3 is 2.52 bits per heavy atom. The smallest absolute Gasteiger partial charge is 0.361 e. The van der Waals surface area contributed by atoms with Crippen LogP contribution >= 0.6 is 0 Å². The Balaban J connectivity index is 2.29. The minimum absolute atomic E-state index is 0.227. The summed E-state index contributed by atoms with van der Waals surface area (Å²) >= 11 is 0. The van der Waals surface area contributed by atoms with Gasteiger partial charge in [-0.15, -0.1) is 0 Å². The van der Waals surface area contributed by atoms with Gasteiger partial charge in [-0.05, 0) is 41.3 Å². The number of benzene rings is 2. The number of rotatable bonds is 2. The molecule has 0 amide bonds. The maximum absolute atomic E-state index is 13.4. The van der Waals surface area contributed by atoms with Crippen LogP contribution in [0.4, 0.5) is 13.2 Å². The van der Waals surface area contributed by atoms with Gasteiger partial charge >= 0.3 is 6.18 Å². The molecule has 21 heavy (non-hydrogen) atoms. The van der Waals surface area contributed by atoms with Gasteiger partial charge in [0, 0.05) is 17.1 Å². The van der Waals surface area contributed by atoms with Gasteiger partial charge in [-0.2, -0.15) is 13.2 Å². The standard InChI is InChI=1S/C17H14F3N/c1-2-11-6-7-13(15(10-11)17(18,19)20)12-4-3-5-16-14(12)8-9-21-16/h3-10,21H,2H2,1H3. The van der Waals surface area contributed by atoms with Gasteiger partial charge in [0.2, 0.25) is 0 Å². The summed E-state index contributed by atoms with van der Waals surface area (Å²) in [6.07, 6.45) is -2.04. The van der Waals surface area contributed by atoms with E-state index >= 15 is 0 Å². The fourth-order valence-electron chi connectivity index (χ4n) is 2.60. The zero-order valence-electron chi connectivity index (χ0n) is 11.5. The summed E-state index contributed by atoms with van der Waals surface area (Å²) in [5.74, 6) is 0. The highest BCUT2D eigenvalue weighted by Gasteiger charge is 2.34. The average molecular weight is 289 g/mol. The van der Waals surface area contributed by atoms with E-state index in [0.29, 0.717) is 17.5 Å². The van der Waals surface area contributed by atoms with Crippen molar-refractivity contribution in [2.45, 2.75) is 19.5 Å². The maximum Gasteiger partial charge on any atom is 0.417 e. The van der Waals surface area contributed by atoms with Crippen LogP contribution in [-0.2, 0) is 12.6 Å². The van der Waals surface area contributed by atoms with Gasteiger partial charge in [-0.25, -0.2) is 0 Å². The molecular weight excluding hydrogens is 275 g/mol. The van der Waals surface area contributed by atoms with E-state index in [9.17, 15) is 13.2 Å². The molecule has 1 aromatic heterocycles. The van der Waals surface area contributed by atoms with Crippen LogP contribution in [0.3, 0.4) is 0 Å². The number of aromatic amines is 1. The van der Waals surface area contributed by atoms with E-state index in [1.165, 1.54) is 6.07 Å². The fraction of sp³-hybridized carbons (Fsp3) is 0.176. The number of aryl methyl sites for hydroxylation is 1. The fourth-order valence-corrected chi connectivity index (χ4v) is 2.60. The Hall–Kier alpha value is -2.23. The molecule has 1 N–H and O–H groups in total.